The normalized spacial score (nSPS) is 15.6. The molecule has 0 spiro atoms. The molecule has 5 heteroatoms. The summed E-state index contributed by atoms with van der Waals surface area (Å²) in [7, 11) is 0. The van der Waals surface area contributed by atoms with Gasteiger partial charge in [-0.15, -0.1) is 5.10 Å². The SMILES string of the molecule is OCCCCCn1cc(CNC2CC2)nn1. The predicted molar refractivity (Wildman–Crippen MR) is 60.8 cm³/mol. The lowest BCUT2D eigenvalue weighted by atomic mass is 10.2. The standard InChI is InChI=1S/C11H20N4O/c16-7-3-1-2-6-15-9-11(13-14-15)8-12-10-4-5-10/h9-10,12,16H,1-8H2. The summed E-state index contributed by atoms with van der Waals surface area (Å²) in [5.74, 6) is 0. The minimum atomic E-state index is 0.286. The first-order chi connectivity index (χ1) is 7.88. The second kappa shape index (κ2) is 5.96. The Bertz CT molecular complexity index is 309. The van der Waals surface area contributed by atoms with Crippen LogP contribution < -0.4 is 5.32 Å². The Morgan fingerprint density at radius 2 is 2.25 bits per heavy atom. The number of unbranched alkanes of at least 4 members (excludes halogenated alkanes) is 2. The number of aromatic nitrogens is 3. The monoisotopic (exact) mass is 224 g/mol. The van der Waals surface area contributed by atoms with Crippen molar-refractivity contribution in [1.82, 2.24) is 20.3 Å². The number of hydrogen-bond acceptors (Lipinski definition) is 4. The summed E-state index contributed by atoms with van der Waals surface area (Å²) in [5, 5.41) is 20.3. The molecule has 90 valence electrons. The molecule has 0 radical (unpaired) electrons. The van der Waals surface area contributed by atoms with E-state index in [1.165, 1.54) is 12.8 Å². The van der Waals surface area contributed by atoms with Crippen LogP contribution in [0, 0.1) is 0 Å². The van der Waals surface area contributed by atoms with E-state index in [2.05, 4.69) is 15.6 Å². The summed E-state index contributed by atoms with van der Waals surface area (Å²) < 4.78 is 1.89. The maximum atomic E-state index is 8.65. The Morgan fingerprint density at radius 3 is 3.00 bits per heavy atom. The molecule has 0 amide bonds. The zero-order chi connectivity index (χ0) is 11.2. The van der Waals surface area contributed by atoms with Crippen LogP contribution in [0.25, 0.3) is 0 Å². The largest absolute Gasteiger partial charge is 0.396 e. The Labute approximate surface area is 95.8 Å². The van der Waals surface area contributed by atoms with Gasteiger partial charge < -0.3 is 10.4 Å². The van der Waals surface area contributed by atoms with Crippen LogP contribution in [0.2, 0.25) is 0 Å². The van der Waals surface area contributed by atoms with Crippen molar-refractivity contribution >= 4 is 0 Å². The van der Waals surface area contributed by atoms with Crippen LogP contribution >= 0.6 is 0 Å². The molecule has 1 fully saturated rings. The van der Waals surface area contributed by atoms with Crippen molar-refractivity contribution in [1.29, 1.82) is 0 Å². The summed E-state index contributed by atoms with van der Waals surface area (Å²) in [4.78, 5) is 0. The Kier molecular flexibility index (Phi) is 4.30. The molecule has 0 unspecified atom stereocenters. The van der Waals surface area contributed by atoms with Crippen molar-refractivity contribution < 1.29 is 5.11 Å². The van der Waals surface area contributed by atoms with Gasteiger partial charge >= 0.3 is 0 Å². The van der Waals surface area contributed by atoms with Crippen LogP contribution in [0.5, 0.6) is 0 Å². The summed E-state index contributed by atoms with van der Waals surface area (Å²) in [6, 6.07) is 0.717. The molecule has 0 bridgehead atoms. The van der Waals surface area contributed by atoms with Gasteiger partial charge in [0.15, 0.2) is 0 Å². The first-order valence-corrected chi connectivity index (χ1v) is 6.12. The molecule has 0 aromatic carbocycles. The number of aliphatic hydroxyl groups is 1. The van der Waals surface area contributed by atoms with E-state index in [0.29, 0.717) is 0 Å². The topological polar surface area (TPSA) is 63.0 Å². The van der Waals surface area contributed by atoms with Gasteiger partial charge in [0.1, 0.15) is 0 Å². The molecule has 5 nitrogen and oxygen atoms in total. The van der Waals surface area contributed by atoms with Crippen molar-refractivity contribution in [3.63, 3.8) is 0 Å². The third-order valence-electron chi connectivity index (χ3n) is 2.78. The van der Waals surface area contributed by atoms with E-state index in [-0.39, 0.29) is 6.61 Å². The molecule has 2 N–H and O–H groups in total. The molecule has 0 atom stereocenters. The Morgan fingerprint density at radius 1 is 1.38 bits per heavy atom. The third-order valence-corrected chi connectivity index (χ3v) is 2.78. The van der Waals surface area contributed by atoms with E-state index in [4.69, 9.17) is 5.11 Å². The average Bonchev–Trinajstić information content (AvgIpc) is 3.02. The summed E-state index contributed by atoms with van der Waals surface area (Å²) in [6.45, 7) is 2.02. The molecular weight excluding hydrogens is 204 g/mol. The molecule has 1 aromatic rings. The van der Waals surface area contributed by atoms with Gasteiger partial charge in [-0.05, 0) is 32.1 Å². The molecule has 1 aromatic heterocycles. The summed E-state index contributed by atoms with van der Waals surface area (Å²) in [6.07, 6.45) is 7.59. The van der Waals surface area contributed by atoms with Gasteiger partial charge in [-0.3, -0.25) is 4.68 Å². The number of aryl methyl sites for hydroxylation is 1. The number of hydrogen-bond donors (Lipinski definition) is 2. The van der Waals surface area contributed by atoms with Crippen LogP contribution in [0.15, 0.2) is 6.20 Å². The van der Waals surface area contributed by atoms with Crippen LogP contribution in [-0.4, -0.2) is 32.7 Å². The van der Waals surface area contributed by atoms with E-state index in [1.54, 1.807) is 0 Å². The minimum Gasteiger partial charge on any atom is -0.396 e. The molecule has 0 saturated heterocycles. The second-order valence-corrected chi connectivity index (χ2v) is 4.41. The van der Waals surface area contributed by atoms with Crippen LogP contribution in [-0.2, 0) is 13.1 Å². The lowest BCUT2D eigenvalue weighted by Gasteiger charge is -1.99. The van der Waals surface area contributed by atoms with Gasteiger partial charge in [0.25, 0.3) is 0 Å². The fraction of sp³-hybridized carbons (Fsp3) is 0.818. The molecule has 2 rings (SSSR count). The van der Waals surface area contributed by atoms with Gasteiger partial charge in [0, 0.05) is 31.9 Å². The highest BCUT2D eigenvalue weighted by molar-refractivity contribution is 4.94. The number of aliphatic hydroxyl groups excluding tert-OH is 1. The molecule has 1 heterocycles. The number of rotatable bonds is 8. The number of nitrogens with one attached hydrogen (secondary N) is 1. The lowest BCUT2D eigenvalue weighted by Crippen LogP contribution is -2.15. The minimum absolute atomic E-state index is 0.286. The van der Waals surface area contributed by atoms with Crippen LogP contribution in [0.4, 0.5) is 0 Å². The zero-order valence-corrected chi connectivity index (χ0v) is 9.60. The van der Waals surface area contributed by atoms with Gasteiger partial charge in [0.05, 0.1) is 5.69 Å². The number of nitrogens with zero attached hydrogens (tertiary/aromatic N) is 3. The quantitative estimate of drug-likeness (QED) is 0.638. The fourth-order valence-corrected chi connectivity index (χ4v) is 1.63. The maximum Gasteiger partial charge on any atom is 0.0964 e. The molecule has 1 saturated carbocycles. The van der Waals surface area contributed by atoms with E-state index in [1.807, 2.05) is 10.9 Å². The highest BCUT2D eigenvalue weighted by Gasteiger charge is 2.20. The molecule has 16 heavy (non-hydrogen) atoms. The van der Waals surface area contributed by atoms with Gasteiger partial charge in [0.2, 0.25) is 0 Å². The molecule has 0 aliphatic heterocycles. The zero-order valence-electron chi connectivity index (χ0n) is 9.60. The van der Waals surface area contributed by atoms with Crippen molar-refractivity contribution in [2.45, 2.75) is 51.2 Å². The first kappa shape index (κ1) is 11.5. The predicted octanol–water partition coefficient (Wildman–Crippen LogP) is 0.693. The summed E-state index contributed by atoms with van der Waals surface area (Å²) >= 11 is 0. The van der Waals surface area contributed by atoms with Crippen LogP contribution in [0.3, 0.4) is 0 Å². The smallest absolute Gasteiger partial charge is 0.0964 e. The van der Waals surface area contributed by atoms with E-state index >= 15 is 0 Å². The van der Waals surface area contributed by atoms with E-state index < -0.39 is 0 Å². The second-order valence-electron chi connectivity index (χ2n) is 4.41. The van der Waals surface area contributed by atoms with Gasteiger partial charge in [-0.25, -0.2) is 0 Å². The maximum absolute atomic E-state index is 8.65. The Balaban J connectivity index is 1.64. The first-order valence-electron chi connectivity index (χ1n) is 6.12. The lowest BCUT2D eigenvalue weighted by molar-refractivity contribution is 0.281. The van der Waals surface area contributed by atoms with Crippen LogP contribution in [0.1, 0.15) is 37.8 Å². The van der Waals surface area contributed by atoms with Gasteiger partial charge in [-0.2, -0.15) is 0 Å². The van der Waals surface area contributed by atoms with E-state index in [0.717, 1.165) is 44.1 Å². The molecular formula is C11H20N4O. The van der Waals surface area contributed by atoms with Crippen molar-refractivity contribution in [2.75, 3.05) is 6.61 Å². The van der Waals surface area contributed by atoms with Crippen molar-refractivity contribution in [2.24, 2.45) is 0 Å². The fourth-order valence-electron chi connectivity index (χ4n) is 1.63. The highest BCUT2D eigenvalue weighted by atomic mass is 16.2. The Hall–Kier alpha value is -0.940. The molecule has 1 aliphatic carbocycles. The average molecular weight is 224 g/mol. The van der Waals surface area contributed by atoms with Gasteiger partial charge in [-0.1, -0.05) is 5.21 Å². The third kappa shape index (κ3) is 3.90. The van der Waals surface area contributed by atoms with Crippen molar-refractivity contribution in [3.05, 3.63) is 11.9 Å². The molecule has 1 aliphatic rings. The summed E-state index contributed by atoms with van der Waals surface area (Å²) in [5.41, 5.74) is 1.02. The van der Waals surface area contributed by atoms with Crippen molar-refractivity contribution in [3.8, 4) is 0 Å². The highest BCUT2D eigenvalue weighted by Crippen LogP contribution is 2.18. The van der Waals surface area contributed by atoms with E-state index in [9.17, 15) is 0 Å².